The molecule has 3 fully saturated rings. The quantitative estimate of drug-likeness (QED) is 0.373. The van der Waals surface area contributed by atoms with Crippen LogP contribution in [0.1, 0.15) is 123 Å². The zero-order chi connectivity index (χ0) is 28.8. The molecular weight excluding hydrogens is 502 g/mol. The number of carboxylic acids is 1. The van der Waals surface area contributed by atoms with Gasteiger partial charge in [0.15, 0.2) is 0 Å². The van der Waals surface area contributed by atoms with Crippen molar-refractivity contribution in [1.82, 2.24) is 15.2 Å². The number of carboxylic acid groups (broad SMARTS) is 1. The molecule has 1 aromatic heterocycles. The van der Waals surface area contributed by atoms with E-state index in [1.165, 1.54) is 37.7 Å². The first kappa shape index (κ1) is 28.4. The summed E-state index contributed by atoms with van der Waals surface area (Å²) >= 11 is 0. The second-order valence-corrected chi connectivity index (χ2v) is 13.9. The second-order valence-electron chi connectivity index (χ2n) is 13.9. The molecule has 3 aliphatic carbocycles. The molecule has 3 aliphatic rings. The Morgan fingerprint density at radius 3 is 2.30 bits per heavy atom. The predicted molar refractivity (Wildman–Crippen MR) is 156 cm³/mol. The Bertz CT molecular complexity index is 1300. The van der Waals surface area contributed by atoms with Crippen molar-refractivity contribution in [3.8, 4) is 5.69 Å². The van der Waals surface area contributed by atoms with Crippen molar-refractivity contribution in [1.29, 1.82) is 0 Å². The Labute approximate surface area is 238 Å². The van der Waals surface area contributed by atoms with Gasteiger partial charge in [0.25, 0.3) is 11.8 Å². The zero-order valence-electron chi connectivity index (χ0n) is 24.7. The largest absolute Gasteiger partial charge is 0.481 e. The maximum Gasteiger partial charge on any atom is 0.306 e. The van der Waals surface area contributed by atoms with E-state index in [-0.39, 0.29) is 34.7 Å². The molecular formula is C33H45N3O4. The second kappa shape index (κ2) is 10.7. The van der Waals surface area contributed by atoms with Crippen molar-refractivity contribution in [3.05, 3.63) is 52.3 Å². The molecule has 0 atom stereocenters. The molecule has 3 N–H and O–H groups in total. The van der Waals surface area contributed by atoms with Crippen molar-refractivity contribution < 1.29 is 19.5 Å². The molecule has 216 valence electrons. The minimum Gasteiger partial charge on any atom is -0.481 e. The number of amides is 2. The first-order valence-electron chi connectivity index (χ1n) is 15.1. The molecule has 7 heteroatoms. The van der Waals surface area contributed by atoms with Crippen molar-refractivity contribution in [3.63, 3.8) is 0 Å². The summed E-state index contributed by atoms with van der Waals surface area (Å²) in [4.78, 5) is 38.0. The molecule has 0 bridgehead atoms. The number of benzene rings is 1. The molecule has 1 heterocycles. The number of carbonyl (C=O) groups excluding carboxylic acids is 2. The van der Waals surface area contributed by atoms with Gasteiger partial charge < -0.3 is 20.3 Å². The van der Waals surface area contributed by atoms with E-state index in [9.17, 15) is 19.5 Å². The molecule has 0 saturated heterocycles. The fraction of sp³-hybridized carbons (Fsp3) is 0.606. The topological polar surface area (TPSA) is 100 Å². The normalized spacial score (nSPS) is 22.3. The van der Waals surface area contributed by atoms with Crippen LogP contribution in [0.5, 0.6) is 0 Å². The van der Waals surface area contributed by atoms with Gasteiger partial charge >= 0.3 is 5.97 Å². The number of aliphatic carboxylic acids is 1. The summed E-state index contributed by atoms with van der Waals surface area (Å²) in [5, 5.41) is 15.4. The Kier molecular flexibility index (Phi) is 7.62. The van der Waals surface area contributed by atoms with Crippen molar-refractivity contribution >= 4 is 17.8 Å². The van der Waals surface area contributed by atoms with Crippen LogP contribution in [0.2, 0.25) is 0 Å². The highest BCUT2D eigenvalue weighted by molar-refractivity contribution is 5.97. The van der Waals surface area contributed by atoms with Gasteiger partial charge in [-0.15, -0.1) is 0 Å². The number of rotatable bonds is 8. The average Bonchev–Trinajstić information content (AvgIpc) is 3.54. The number of hydrogen-bond acceptors (Lipinski definition) is 3. The van der Waals surface area contributed by atoms with Crippen LogP contribution in [0, 0.1) is 18.8 Å². The highest BCUT2D eigenvalue weighted by Crippen LogP contribution is 2.48. The van der Waals surface area contributed by atoms with E-state index in [4.69, 9.17) is 0 Å². The van der Waals surface area contributed by atoms with Gasteiger partial charge in [-0.05, 0) is 100 Å². The molecule has 2 aromatic rings. The van der Waals surface area contributed by atoms with Crippen LogP contribution in [-0.2, 0) is 16.6 Å². The van der Waals surface area contributed by atoms with Crippen LogP contribution in [-0.4, -0.2) is 39.0 Å². The molecule has 2 amide bonds. The molecule has 3 saturated carbocycles. The van der Waals surface area contributed by atoms with Crippen molar-refractivity contribution in [2.24, 2.45) is 11.8 Å². The number of aromatic nitrogens is 1. The molecule has 0 spiro atoms. The minimum atomic E-state index is -0.793. The van der Waals surface area contributed by atoms with E-state index >= 15 is 0 Å². The van der Waals surface area contributed by atoms with E-state index in [0.29, 0.717) is 29.9 Å². The molecule has 7 nitrogen and oxygen atoms in total. The predicted octanol–water partition coefficient (Wildman–Crippen LogP) is 6.08. The number of carbonyl (C=O) groups is 3. The Morgan fingerprint density at radius 2 is 1.70 bits per heavy atom. The Morgan fingerprint density at radius 1 is 1.02 bits per heavy atom. The van der Waals surface area contributed by atoms with Crippen LogP contribution < -0.4 is 10.6 Å². The zero-order valence-corrected chi connectivity index (χ0v) is 24.7. The van der Waals surface area contributed by atoms with Crippen LogP contribution >= 0.6 is 0 Å². The van der Waals surface area contributed by atoms with Gasteiger partial charge in [0.2, 0.25) is 0 Å². The highest BCUT2D eigenvalue weighted by atomic mass is 16.4. The van der Waals surface area contributed by atoms with Gasteiger partial charge in [-0.25, -0.2) is 0 Å². The maximum absolute atomic E-state index is 13.5. The summed E-state index contributed by atoms with van der Waals surface area (Å²) < 4.78 is 2.16. The summed E-state index contributed by atoms with van der Waals surface area (Å²) in [6, 6.07) is 6.10. The fourth-order valence-electron chi connectivity index (χ4n) is 6.33. The highest BCUT2D eigenvalue weighted by Gasteiger charge is 2.40. The summed E-state index contributed by atoms with van der Waals surface area (Å²) in [5.41, 5.74) is 5.20. The van der Waals surface area contributed by atoms with Crippen LogP contribution in [0.3, 0.4) is 0 Å². The van der Waals surface area contributed by atoms with Gasteiger partial charge in [-0.3, -0.25) is 14.4 Å². The molecule has 0 unspecified atom stereocenters. The third-order valence-corrected chi connectivity index (χ3v) is 9.30. The molecule has 1 aromatic carbocycles. The van der Waals surface area contributed by atoms with Crippen molar-refractivity contribution in [2.45, 2.75) is 116 Å². The molecule has 0 radical (unpaired) electrons. The van der Waals surface area contributed by atoms with E-state index in [2.05, 4.69) is 28.2 Å². The van der Waals surface area contributed by atoms with Gasteiger partial charge in [0.1, 0.15) is 0 Å². The monoisotopic (exact) mass is 547 g/mol. The molecule has 5 rings (SSSR count). The number of hydrogen-bond donors (Lipinski definition) is 3. The lowest BCUT2D eigenvalue weighted by Crippen LogP contribution is -2.46. The average molecular weight is 548 g/mol. The van der Waals surface area contributed by atoms with E-state index < -0.39 is 5.97 Å². The number of nitrogens with one attached hydrogen (secondary N) is 2. The minimum absolute atomic E-state index is 0.0730. The SMILES string of the molecule is Cc1c(C(=O)N[C@H]2C[C@H](C(=O)O)C2)cn(-c2cc(C(=O)NC(C)(C)C)cc(C3(C)CC3)c2)c1CC1CCCCC1. The van der Waals surface area contributed by atoms with Crippen LogP contribution in [0.4, 0.5) is 0 Å². The summed E-state index contributed by atoms with van der Waals surface area (Å²) in [6.45, 7) is 10.2. The Hall–Kier alpha value is -3.09. The first-order chi connectivity index (χ1) is 18.8. The summed E-state index contributed by atoms with van der Waals surface area (Å²) in [6.07, 6.45) is 12.2. The van der Waals surface area contributed by atoms with E-state index in [1.807, 2.05) is 46.0 Å². The van der Waals surface area contributed by atoms with Gasteiger partial charge in [-0.2, -0.15) is 0 Å². The third-order valence-electron chi connectivity index (χ3n) is 9.30. The molecule has 40 heavy (non-hydrogen) atoms. The van der Waals surface area contributed by atoms with Crippen LogP contribution in [0.25, 0.3) is 5.69 Å². The van der Waals surface area contributed by atoms with Crippen molar-refractivity contribution in [2.75, 3.05) is 0 Å². The van der Waals surface area contributed by atoms with Crippen LogP contribution in [0.15, 0.2) is 24.4 Å². The smallest absolute Gasteiger partial charge is 0.306 e. The maximum atomic E-state index is 13.5. The fourth-order valence-corrected chi connectivity index (χ4v) is 6.33. The van der Waals surface area contributed by atoms with E-state index in [1.54, 1.807) is 0 Å². The van der Waals surface area contributed by atoms with Gasteiger partial charge in [-0.1, -0.05) is 39.0 Å². The standard InChI is InChI=1S/C33H45N3O4/c1-20-27(30(38)34-25-15-23(16-25)31(39)40)19-36(28(20)13-21-9-7-6-8-10-21)26-17-22(29(37)35-32(2,3)4)14-24(18-26)33(5)11-12-33/h14,17-19,21,23,25H,6-13,15-16H2,1-5H3,(H,34,38)(H,35,37)(H,39,40)/t23-,25-. The lowest BCUT2D eigenvalue weighted by atomic mass is 9.80. The van der Waals surface area contributed by atoms with Gasteiger partial charge in [0, 0.05) is 34.7 Å². The summed E-state index contributed by atoms with van der Waals surface area (Å²) in [5.74, 6) is -0.826. The molecule has 0 aliphatic heterocycles. The van der Waals surface area contributed by atoms with Gasteiger partial charge in [0.05, 0.1) is 11.5 Å². The summed E-state index contributed by atoms with van der Waals surface area (Å²) in [7, 11) is 0. The lowest BCUT2D eigenvalue weighted by molar-refractivity contribution is -0.145. The first-order valence-corrected chi connectivity index (χ1v) is 15.1. The number of nitrogens with zero attached hydrogens (tertiary/aromatic N) is 1. The Balaban J connectivity index is 1.52. The van der Waals surface area contributed by atoms with E-state index in [0.717, 1.165) is 36.2 Å². The lowest BCUT2D eigenvalue weighted by Gasteiger charge is -2.32. The third kappa shape index (κ3) is 6.13.